The molecule has 2 aromatic heterocycles. The van der Waals surface area contributed by atoms with E-state index in [4.69, 9.17) is 8.83 Å². The van der Waals surface area contributed by atoms with E-state index in [1.165, 1.54) is 33.4 Å². The SMILES string of the molecule is CC1(C)c2ccccc2-c2ccc(N(c3cc(-c4ccc(-c5ccccc5)cc4)c4oc5ccc6oc7ccccc7c6c5c4c3)c3ccccc3-c3ccccc3)cc21. The maximum absolute atomic E-state index is 6.98. The molecule has 60 heavy (non-hydrogen) atoms. The Balaban J connectivity index is 1.17. The first kappa shape index (κ1) is 34.4. The first-order chi connectivity index (χ1) is 29.5. The van der Waals surface area contributed by atoms with Crippen molar-refractivity contribution >= 4 is 60.9 Å². The highest BCUT2D eigenvalue weighted by Crippen LogP contribution is 2.52. The van der Waals surface area contributed by atoms with Gasteiger partial charge >= 0.3 is 0 Å². The van der Waals surface area contributed by atoms with Gasteiger partial charge in [-0.05, 0) is 93.0 Å². The molecule has 12 rings (SSSR count). The Morgan fingerprint density at radius 2 is 0.950 bits per heavy atom. The molecule has 0 saturated carbocycles. The van der Waals surface area contributed by atoms with Gasteiger partial charge in [0.1, 0.15) is 22.3 Å². The van der Waals surface area contributed by atoms with Crippen molar-refractivity contribution in [1.82, 2.24) is 0 Å². The van der Waals surface area contributed by atoms with Crippen LogP contribution < -0.4 is 4.90 Å². The van der Waals surface area contributed by atoms with Crippen LogP contribution in [0.25, 0.3) is 88.4 Å². The highest BCUT2D eigenvalue weighted by molar-refractivity contribution is 6.27. The number of hydrogen-bond acceptors (Lipinski definition) is 3. The molecule has 0 unspecified atom stereocenters. The average molecular weight is 770 g/mol. The monoisotopic (exact) mass is 769 g/mol. The van der Waals surface area contributed by atoms with Crippen LogP contribution in [0.5, 0.6) is 0 Å². The van der Waals surface area contributed by atoms with Gasteiger partial charge in [0.15, 0.2) is 0 Å². The van der Waals surface area contributed by atoms with E-state index in [2.05, 4.69) is 201 Å². The molecular formula is C57H39NO2. The molecular weight excluding hydrogens is 731 g/mol. The van der Waals surface area contributed by atoms with Gasteiger partial charge in [0.05, 0.1) is 5.69 Å². The third-order valence-electron chi connectivity index (χ3n) is 12.7. The van der Waals surface area contributed by atoms with Gasteiger partial charge in [-0.15, -0.1) is 0 Å². The lowest BCUT2D eigenvalue weighted by molar-refractivity contribution is 0.660. The summed E-state index contributed by atoms with van der Waals surface area (Å²) in [6, 6.07) is 71.9. The molecule has 3 heteroatoms. The van der Waals surface area contributed by atoms with E-state index in [1.807, 2.05) is 18.2 Å². The van der Waals surface area contributed by atoms with Crippen LogP contribution in [0.15, 0.2) is 209 Å². The molecule has 11 aromatic rings. The molecule has 0 fully saturated rings. The molecule has 0 aliphatic heterocycles. The maximum Gasteiger partial charge on any atom is 0.143 e. The number of anilines is 3. The number of rotatable bonds is 6. The van der Waals surface area contributed by atoms with Crippen LogP contribution in [0.3, 0.4) is 0 Å². The van der Waals surface area contributed by atoms with Gasteiger partial charge in [-0.25, -0.2) is 0 Å². The summed E-state index contributed by atoms with van der Waals surface area (Å²) < 4.78 is 13.4. The highest BCUT2D eigenvalue weighted by Gasteiger charge is 2.36. The number of fused-ring (bicyclic) bond motifs is 10. The van der Waals surface area contributed by atoms with E-state index in [0.29, 0.717) is 0 Å². The smallest absolute Gasteiger partial charge is 0.143 e. The van der Waals surface area contributed by atoms with Crippen LogP contribution in [0.2, 0.25) is 0 Å². The number of hydrogen-bond donors (Lipinski definition) is 0. The van der Waals surface area contributed by atoms with Crippen LogP contribution >= 0.6 is 0 Å². The van der Waals surface area contributed by atoms with Crippen molar-refractivity contribution in [3.05, 3.63) is 211 Å². The van der Waals surface area contributed by atoms with Crippen molar-refractivity contribution < 1.29 is 8.83 Å². The Labute approximate surface area is 348 Å². The second-order valence-corrected chi connectivity index (χ2v) is 16.4. The fourth-order valence-corrected chi connectivity index (χ4v) is 9.77. The Hall–Kier alpha value is -7.62. The minimum Gasteiger partial charge on any atom is -0.456 e. The number of furan rings is 2. The molecule has 0 atom stereocenters. The van der Waals surface area contributed by atoms with E-state index < -0.39 is 0 Å². The van der Waals surface area contributed by atoms with Gasteiger partial charge in [-0.3, -0.25) is 0 Å². The van der Waals surface area contributed by atoms with E-state index in [1.54, 1.807) is 0 Å². The lowest BCUT2D eigenvalue weighted by Crippen LogP contribution is -2.17. The molecule has 3 nitrogen and oxygen atoms in total. The fraction of sp³-hybridized carbons (Fsp3) is 0.0526. The third kappa shape index (κ3) is 5.22. The van der Waals surface area contributed by atoms with Crippen LogP contribution in [0, 0.1) is 0 Å². The Morgan fingerprint density at radius 3 is 1.75 bits per heavy atom. The van der Waals surface area contributed by atoms with Crippen LogP contribution in [0.1, 0.15) is 25.0 Å². The predicted octanol–water partition coefficient (Wildman–Crippen LogP) is 16.3. The molecule has 0 bridgehead atoms. The molecule has 2 heterocycles. The molecule has 9 aromatic carbocycles. The normalized spacial score (nSPS) is 13.0. The van der Waals surface area contributed by atoms with Gasteiger partial charge in [0.2, 0.25) is 0 Å². The van der Waals surface area contributed by atoms with Gasteiger partial charge < -0.3 is 13.7 Å². The molecule has 0 N–H and O–H groups in total. The van der Waals surface area contributed by atoms with E-state index >= 15 is 0 Å². The lowest BCUT2D eigenvalue weighted by atomic mass is 9.82. The highest BCUT2D eigenvalue weighted by atomic mass is 16.3. The summed E-state index contributed by atoms with van der Waals surface area (Å²) in [7, 11) is 0. The molecule has 0 saturated heterocycles. The summed E-state index contributed by atoms with van der Waals surface area (Å²) >= 11 is 0. The molecule has 1 aliphatic carbocycles. The zero-order chi connectivity index (χ0) is 40.0. The summed E-state index contributed by atoms with van der Waals surface area (Å²) in [5.74, 6) is 0. The van der Waals surface area contributed by atoms with Gasteiger partial charge in [0, 0.05) is 49.5 Å². The van der Waals surface area contributed by atoms with Crippen LogP contribution in [0.4, 0.5) is 17.1 Å². The Kier molecular flexibility index (Phi) is 7.58. The van der Waals surface area contributed by atoms with Gasteiger partial charge in [-0.2, -0.15) is 0 Å². The third-order valence-corrected chi connectivity index (χ3v) is 12.7. The summed E-state index contributed by atoms with van der Waals surface area (Å²) in [6.45, 7) is 4.70. The second kappa shape index (κ2) is 13.2. The van der Waals surface area contributed by atoms with E-state index in [9.17, 15) is 0 Å². The van der Waals surface area contributed by atoms with Crippen LogP contribution in [-0.4, -0.2) is 0 Å². The summed E-state index contributed by atoms with van der Waals surface area (Å²) in [4.78, 5) is 2.45. The van der Waals surface area contributed by atoms with E-state index in [-0.39, 0.29) is 5.41 Å². The van der Waals surface area contributed by atoms with Crippen molar-refractivity contribution in [2.45, 2.75) is 19.3 Å². The molecule has 0 radical (unpaired) electrons. The van der Waals surface area contributed by atoms with Gasteiger partial charge in [0.25, 0.3) is 0 Å². The van der Waals surface area contributed by atoms with E-state index in [0.717, 1.165) is 83.2 Å². The van der Waals surface area contributed by atoms with Gasteiger partial charge in [-0.1, -0.05) is 166 Å². The average Bonchev–Trinajstić information content (AvgIpc) is 3.94. The Morgan fingerprint density at radius 1 is 0.367 bits per heavy atom. The minimum atomic E-state index is -0.170. The topological polar surface area (TPSA) is 29.5 Å². The zero-order valence-electron chi connectivity index (χ0n) is 33.3. The molecule has 0 spiro atoms. The summed E-state index contributed by atoms with van der Waals surface area (Å²) in [6.07, 6.45) is 0. The van der Waals surface area contributed by atoms with Crippen LogP contribution in [-0.2, 0) is 5.41 Å². The maximum atomic E-state index is 6.98. The lowest BCUT2D eigenvalue weighted by Gasteiger charge is -2.30. The molecule has 1 aliphatic rings. The second-order valence-electron chi connectivity index (χ2n) is 16.4. The number of para-hydroxylation sites is 2. The van der Waals surface area contributed by atoms with Crippen molar-refractivity contribution in [1.29, 1.82) is 0 Å². The van der Waals surface area contributed by atoms with Crippen molar-refractivity contribution in [2.24, 2.45) is 0 Å². The number of benzene rings is 9. The summed E-state index contributed by atoms with van der Waals surface area (Å²) in [5, 5.41) is 4.24. The Bertz CT molecular complexity index is 3450. The van der Waals surface area contributed by atoms with Crippen molar-refractivity contribution in [3.63, 3.8) is 0 Å². The van der Waals surface area contributed by atoms with Crippen molar-refractivity contribution in [3.8, 4) is 44.5 Å². The standard InChI is InChI=1S/C57H39NO2/c1-57(2)48-22-12-9-20-43(48)44-30-29-40(35-49(44)57)58(50-23-13-10-19-42(50)38-17-7-4-8-18-38)41-33-46(39-27-25-37(26-28-39)36-15-5-3-6-16-36)56-47(34-41)55-53(60-56)32-31-52-54(55)45-21-11-14-24-51(45)59-52/h3-35H,1-2H3. The zero-order valence-corrected chi connectivity index (χ0v) is 33.3. The fourth-order valence-electron chi connectivity index (χ4n) is 9.77. The largest absolute Gasteiger partial charge is 0.456 e. The number of nitrogens with zero attached hydrogens (tertiary/aromatic N) is 1. The summed E-state index contributed by atoms with van der Waals surface area (Å²) in [5.41, 5.74) is 18.5. The molecule has 284 valence electrons. The first-order valence-electron chi connectivity index (χ1n) is 20.7. The minimum absolute atomic E-state index is 0.170. The first-order valence-corrected chi connectivity index (χ1v) is 20.7. The van der Waals surface area contributed by atoms with Crippen molar-refractivity contribution in [2.75, 3.05) is 4.90 Å². The quantitative estimate of drug-likeness (QED) is 0.169. The molecule has 0 amide bonds. The predicted molar refractivity (Wildman–Crippen MR) is 250 cm³/mol.